The molecule has 0 radical (unpaired) electrons. The average molecular weight is 402 g/mol. The number of benzene rings is 3. The van der Waals surface area contributed by atoms with Gasteiger partial charge in [0.2, 0.25) is 0 Å². The van der Waals surface area contributed by atoms with E-state index in [1.54, 1.807) is 6.92 Å². The predicted molar refractivity (Wildman–Crippen MR) is 101 cm³/mol. The van der Waals surface area contributed by atoms with Crippen LogP contribution in [-0.4, -0.2) is 28.9 Å². The van der Waals surface area contributed by atoms with Crippen molar-refractivity contribution in [3.8, 4) is 5.75 Å². The number of nitrogens with one attached hydrogen (secondary N) is 1. The smallest absolute Gasteiger partial charge is 0.294 e. The summed E-state index contributed by atoms with van der Waals surface area (Å²) < 4.78 is 31.6. The monoisotopic (exact) mass is 402 g/mol. The van der Waals surface area contributed by atoms with Crippen molar-refractivity contribution in [2.45, 2.75) is 11.8 Å². The quantitative estimate of drug-likeness (QED) is 0.345. The molecule has 0 unspecified atom stereocenters. The maximum atomic E-state index is 12.5. The molecule has 3 aromatic rings. The third-order valence-electron chi connectivity index (χ3n) is 4.06. The number of nitro benzene ring substituents is 1. The molecule has 0 heterocycles. The number of phenolic OH excluding ortho intramolecular Hbond substituents is 1. The minimum absolute atomic E-state index is 0.115. The highest BCUT2D eigenvalue weighted by Gasteiger charge is 2.20. The van der Waals surface area contributed by atoms with Gasteiger partial charge in [-0.2, -0.15) is 8.42 Å². The van der Waals surface area contributed by atoms with Crippen molar-refractivity contribution in [3.05, 3.63) is 69.8 Å². The Morgan fingerprint density at radius 1 is 1.11 bits per heavy atom. The lowest BCUT2D eigenvalue weighted by Gasteiger charge is -2.09. The van der Waals surface area contributed by atoms with Gasteiger partial charge in [0, 0.05) is 23.2 Å². The minimum Gasteiger partial charge on any atom is -0.507 e. The van der Waals surface area contributed by atoms with Crippen molar-refractivity contribution < 1.29 is 27.8 Å². The van der Waals surface area contributed by atoms with E-state index in [1.807, 2.05) is 0 Å². The van der Waals surface area contributed by atoms with Gasteiger partial charge in [0.15, 0.2) is 0 Å². The van der Waals surface area contributed by atoms with Gasteiger partial charge >= 0.3 is 0 Å². The molecule has 1 amide bonds. The number of aryl methyl sites for hydroxylation is 1. The van der Waals surface area contributed by atoms with Crippen LogP contribution in [0.25, 0.3) is 10.8 Å². The van der Waals surface area contributed by atoms with Gasteiger partial charge in [0.05, 0.1) is 9.82 Å². The summed E-state index contributed by atoms with van der Waals surface area (Å²) in [7, 11) is -4.49. The van der Waals surface area contributed by atoms with Crippen LogP contribution in [0.3, 0.4) is 0 Å². The molecule has 3 rings (SSSR count). The maximum absolute atomic E-state index is 12.5. The van der Waals surface area contributed by atoms with Crippen molar-refractivity contribution in [1.82, 2.24) is 0 Å². The fourth-order valence-electron chi connectivity index (χ4n) is 2.73. The van der Waals surface area contributed by atoms with Crippen LogP contribution in [0.2, 0.25) is 0 Å². The fourth-order valence-corrected chi connectivity index (χ4v) is 3.26. The number of anilines is 1. The molecule has 9 nitrogen and oxygen atoms in total. The second kappa shape index (κ2) is 6.91. The van der Waals surface area contributed by atoms with Gasteiger partial charge in [-0.15, -0.1) is 0 Å². The van der Waals surface area contributed by atoms with Crippen molar-refractivity contribution >= 4 is 38.2 Å². The molecule has 0 aliphatic heterocycles. The van der Waals surface area contributed by atoms with Crippen LogP contribution in [0.4, 0.5) is 11.4 Å². The zero-order chi connectivity index (χ0) is 20.6. The molecule has 3 aromatic carbocycles. The third-order valence-corrected chi connectivity index (χ3v) is 4.89. The molecule has 0 aliphatic carbocycles. The molecule has 0 aliphatic rings. The molecular formula is C18H14N2O7S. The normalized spacial score (nSPS) is 11.4. The average Bonchev–Trinajstić information content (AvgIpc) is 2.60. The Balaban J connectivity index is 2.00. The number of fused-ring (bicyclic) bond motifs is 1. The highest BCUT2D eigenvalue weighted by molar-refractivity contribution is 7.85. The van der Waals surface area contributed by atoms with E-state index < -0.39 is 31.6 Å². The van der Waals surface area contributed by atoms with Crippen molar-refractivity contribution in [3.63, 3.8) is 0 Å². The number of hydrogen-bond acceptors (Lipinski definition) is 6. The Bertz CT molecular complexity index is 1240. The van der Waals surface area contributed by atoms with Gasteiger partial charge in [-0.1, -0.05) is 12.1 Å². The highest BCUT2D eigenvalue weighted by atomic mass is 32.2. The summed E-state index contributed by atoms with van der Waals surface area (Å²) in [5, 5.41) is 24.3. The molecule has 0 saturated heterocycles. The lowest BCUT2D eigenvalue weighted by molar-refractivity contribution is -0.385. The van der Waals surface area contributed by atoms with Gasteiger partial charge < -0.3 is 10.4 Å². The topological polar surface area (TPSA) is 147 Å². The molecule has 0 spiro atoms. The van der Waals surface area contributed by atoms with Crippen molar-refractivity contribution in [2.75, 3.05) is 5.32 Å². The lowest BCUT2D eigenvalue weighted by Crippen LogP contribution is -2.14. The van der Waals surface area contributed by atoms with E-state index in [1.165, 1.54) is 42.5 Å². The molecule has 144 valence electrons. The molecule has 0 saturated carbocycles. The Morgan fingerprint density at radius 3 is 2.46 bits per heavy atom. The number of carbonyl (C=O) groups is 1. The number of nitro groups is 1. The summed E-state index contributed by atoms with van der Waals surface area (Å²) in [6.45, 7) is 1.70. The summed E-state index contributed by atoms with van der Waals surface area (Å²) in [5.41, 5.74) is 0.452. The van der Waals surface area contributed by atoms with E-state index >= 15 is 0 Å². The molecule has 28 heavy (non-hydrogen) atoms. The largest absolute Gasteiger partial charge is 0.507 e. The predicted octanol–water partition coefficient (Wildman–Crippen LogP) is 3.26. The molecule has 0 aromatic heterocycles. The Morgan fingerprint density at radius 2 is 1.82 bits per heavy atom. The van der Waals surface area contributed by atoms with Crippen LogP contribution in [0.1, 0.15) is 15.9 Å². The Hall–Kier alpha value is -3.50. The zero-order valence-electron chi connectivity index (χ0n) is 14.4. The number of hydrogen-bond donors (Lipinski definition) is 3. The summed E-state index contributed by atoms with van der Waals surface area (Å²) in [6.07, 6.45) is 0. The number of aromatic hydroxyl groups is 1. The Kier molecular flexibility index (Phi) is 4.75. The van der Waals surface area contributed by atoms with Crippen LogP contribution in [-0.2, 0) is 10.1 Å². The molecule has 0 atom stereocenters. The van der Waals surface area contributed by atoms with E-state index in [9.17, 15) is 28.4 Å². The second-order valence-electron chi connectivity index (χ2n) is 6.09. The van der Waals surface area contributed by atoms with E-state index in [2.05, 4.69) is 5.32 Å². The van der Waals surface area contributed by atoms with Gasteiger partial charge in [0.1, 0.15) is 11.3 Å². The van der Waals surface area contributed by atoms with E-state index in [0.717, 1.165) is 6.07 Å². The van der Waals surface area contributed by atoms with Gasteiger partial charge in [0.25, 0.3) is 21.7 Å². The molecular weight excluding hydrogens is 388 g/mol. The summed E-state index contributed by atoms with van der Waals surface area (Å²) >= 11 is 0. The fraction of sp³-hybridized carbons (Fsp3) is 0.0556. The van der Waals surface area contributed by atoms with Crippen molar-refractivity contribution in [2.24, 2.45) is 0 Å². The van der Waals surface area contributed by atoms with Crippen LogP contribution >= 0.6 is 0 Å². The lowest BCUT2D eigenvalue weighted by atomic mass is 10.1. The van der Waals surface area contributed by atoms with Gasteiger partial charge in [-0.05, 0) is 42.1 Å². The highest BCUT2D eigenvalue weighted by Crippen LogP contribution is 2.31. The second-order valence-corrected chi connectivity index (χ2v) is 7.51. The number of carbonyl (C=O) groups excluding carboxylic acids is 1. The van der Waals surface area contributed by atoms with E-state index in [0.29, 0.717) is 10.9 Å². The SMILES string of the molecule is Cc1ccc([N+](=O)[O-])c(C(=O)Nc2ccc3cc(S(=O)(=O)O)cc(O)c3c2)c1. The number of amides is 1. The summed E-state index contributed by atoms with van der Waals surface area (Å²) in [5.74, 6) is -1.12. The van der Waals surface area contributed by atoms with Crippen LogP contribution < -0.4 is 5.32 Å². The number of rotatable bonds is 4. The number of nitrogens with zero attached hydrogens (tertiary/aromatic N) is 1. The first kappa shape index (κ1) is 19.3. The molecule has 10 heteroatoms. The number of phenols is 1. The zero-order valence-corrected chi connectivity index (χ0v) is 15.2. The summed E-state index contributed by atoms with van der Waals surface area (Å²) in [4.78, 5) is 22.5. The van der Waals surface area contributed by atoms with Crippen LogP contribution in [0, 0.1) is 17.0 Å². The molecule has 0 fully saturated rings. The van der Waals surface area contributed by atoms with E-state index in [-0.39, 0.29) is 22.3 Å². The summed E-state index contributed by atoms with van der Waals surface area (Å²) in [6, 6.07) is 10.5. The first-order chi connectivity index (χ1) is 13.1. The first-order valence-electron chi connectivity index (χ1n) is 7.87. The van der Waals surface area contributed by atoms with Crippen LogP contribution in [0.15, 0.2) is 53.4 Å². The third kappa shape index (κ3) is 3.77. The van der Waals surface area contributed by atoms with Gasteiger partial charge in [-0.3, -0.25) is 19.5 Å². The van der Waals surface area contributed by atoms with Crippen molar-refractivity contribution in [1.29, 1.82) is 0 Å². The first-order valence-corrected chi connectivity index (χ1v) is 9.31. The minimum atomic E-state index is -4.49. The molecule has 3 N–H and O–H groups in total. The van der Waals surface area contributed by atoms with Crippen LogP contribution in [0.5, 0.6) is 5.75 Å². The standard InChI is InChI=1S/C18H14N2O7S/c1-10-2-5-16(20(23)24)15(6-10)18(22)19-12-4-3-11-7-13(28(25,26)27)9-17(21)14(11)8-12/h2-9,21H,1H3,(H,19,22)(H,25,26,27). The maximum Gasteiger partial charge on any atom is 0.294 e. The van der Waals surface area contributed by atoms with Gasteiger partial charge in [-0.25, -0.2) is 0 Å². The molecule has 0 bridgehead atoms. The van der Waals surface area contributed by atoms with E-state index in [4.69, 9.17) is 4.55 Å². The Labute approximate surface area is 159 Å².